The van der Waals surface area contributed by atoms with Crippen LogP contribution in [0.1, 0.15) is 56.5 Å². The van der Waals surface area contributed by atoms with Crippen molar-refractivity contribution in [2.75, 3.05) is 7.05 Å². The lowest BCUT2D eigenvalue weighted by Crippen LogP contribution is -2.50. The Morgan fingerprint density at radius 3 is 2.36 bits per heavy atom. The molecule has 0 atom stereocenters. The summed E-state index contributed by atoms with van der Waals surface area (Å²) in [6, 6.07) is 6.30. The predicted octanol–water partition coefficient (Wildman–Crippen LogP) is 3.16. The molecule has 0 unspecified atom stereocenters. The zero-order valence-electron chi connectivity index (χ0n) is 15.8. The molecule has 0 N–H and O–H groups in total. The molecule has 6 heteroatoms. The van der Waals surface area contributed by atoms with Crippen LogP contribution in [-0.4, -0.2) is 38.1 Å². The van der Waals surface area contributed by atoms with E-state index in [0.717, 1.165) is 37.2 Å². The minimum atomic E-state index is -0.445. The molecule has 2 aromatic rings. The van der Waals surface area contributed by atoms with Crippen molar-refractivity contribution in [3.8, 4) is 5.69 Å². The monoisotopic (exact) mass is 341 g/mol. The molecule has 0 aliphatic heterocycles. The quantitative estimate of drug-likeness (QED) is 0.860. The molecule has 25 heavy (non-hydrogen) atoms. The van der Waals surface area contributed by atoms with Crippen LogP contribution in [0.2, 0.25) is 0 Å². The minimum Gasteiger partial charge on any atom is -0.333 e. The molecule has 3 rings (SSSR count). The first-order valence-electron chi connectivity index (χ1n) is 8.95. The Bertz CT molecular complexity index is 754. The molecule has 1 fully saturated rings. The van der Waals surface area contributed by atoms with Crippen LogP contribution in [0.25, 0.3) is 5.69 Å². The largest absolute Gasteiger partial charge is 0.333 e. The van der Waals surface area contributed by atoms with Crippen molar-refractivity contribution in [1.82, 2.24) is 25.1 Å². The Labute approximate surface area is 149 Å². The second-order valence-corrected chi connectivity index (χ2v) is 7.55. The Kier molecular flexibility index (Phi) is 4.62. The van der Waals surface area contributed by atoms with Crippen molar-refractivity contribution in [1.29, 1.82) is 0 Å². The summed E-state index contributed by atoms with van der Waals surface area (Å²) in [7, 11) is 1.87. The van der Waals surface area contributed by atoms with Crippen LogP contribution in [0.4, 0.5) is 0 Å². The van der Waals surface area contributed by atoms with E-state index in [4.69, 9.17) is 0 Å². The summed E-state index contributed by atoms with van der Waals surface area (Å²) in [4.78, 5) is 14.1. The summed E-state index contributed by atoms with van der Waals surface area (Å²) in [5, 5.41) is 12.6. The van der Waals surface area contributed by atoms with Gasteiger partial charge in [-0.05, 0) is 79.1 Å². The van der Waals surface area contributed by atoms with Crippen LogP contribution in [0.5, 0.6) is 0 Å². The summed E-state index contributed by atoms with van der Waals surface area (Å²) in [5.41, 5.74) is 2.84. The fourth-order valence-electron chi connectivity index (χ4n) is 3.97. The molecular formula is C19H27N5O. The number of hydrogen-bond donors (Lipinski definition) is 0. The van der Waals surface area contributed by atoms with Gasteiger partial charge >= 0.3 is 0 Å². The van der Waals surface area contributed by atoms with E-state index in [-0.39, 0.29) is 5.91 Å². The van der Waals surface area contributed by atoms with E-state index in [1.54, 1.807) is 6.92 Å². The molecule has 1 aliphatic carbocycles. The molecule has 6 nitrogen and oxygen atoms in total. The van der Waals surface area contributed by atoms with Crippen LogP contribution in [-0.2, 0) is 10.3 Å². The van der Waals surface area contributed by atoms with E-state index >= 15 is 0 Å². The van der Waals surface area contributed by atoms with Crippen molar-refractivity contribution < 1.29 is 4.79 Å². The second-order valence-electron chi connectivity index (χ2n) is 7.55. The SMILES string of the molecule is CC(=O)N(C)C1(c2nnnn2-c2cc(C)cc(C)c2)CCC(C)CC1. The number of aryl methyl sites for hydroxylation is 2. The molecule has 134 valence electrons. The van der Waals surface area contributed by atoms with Crippen molar-refractivity contribution in [2.45, 2.75) is 58.9 Å². The first-order chi connectivity index (χ1) is 11.8. The molecule has 0 saturated heterocycles. The van der Waals surface area contributed by atoms with Gasteiger partial charge in [-0.25, -0.2) is 0 Å². The van der Waals surface area contributed by atoms with Crippen LogP contribution in [0, 0.1) is 19.8 Å². The van der Waals surface area contributed by atoms with Gasteiger partial charge in [-0.1, -0.05) is 13.0 Å². The highest BCUT2D eigenvalue weighted by Gasteiger charge is 2.45. The number of aromatic nitrogens is 4. The number of tetrazole rings is 1. The highest BCUT2D eigenvalue weighted by Crippen LogP contribution is 2.43. The molecule has 1 amide bonds. The number of carbonyl (C=O) groups excluding carboxylic acids is 1. The second kappa shape index (κ2) is 6.58. The maximum atomic E-state index is 12.2. The van der Waals surface area contributed by atoms with Gasteiger partial charge in [0, 0.05) is 14.0 Å². The summed E-state index contributed by atoms with van der Waals surface area (Å²) < 4.78 is 1.81. The number of benzene rings is 1. The lowest BCUT2D eigenvalue weighted by molar-refractivity contribution is -0.136. The van der Waals surface area contributed by atoms with E-state index < -0.39 is 5.54 Å². The maximum Gasteiger partial charge on any atom is 0.220 e. The summed E-state index contributed by atoms with van der Waals surface area (Å²) in [5.74, 6) is 1.48. The summed E-state index contributed by atoms with van der Waals surface area (Å²) >= 11 is 0. The van der Waals surface area contributed by atoms with Gasteiger partial charge in [0.2, 0.25) is 5.91 Å². The third kappa shape index (κ3) is 3.17. The van der Waals surface area contributed by atoms with Gasteiger partial charge in [0.15, 0.2) is 5.82 Å². The third-order valence-electron chi connectivity index (χ3n) is 5.55. The average Bonchev–Trinajstić information content (AvgIpc) is 3.04. The third-order valence-corrected chi connectivity index (χ3v) is 5.55. The Morgan fingerprint density at radius 2 is 1.80 bits per heavy atom. The van der Waals surface area contributed by atoms with E-state index in [9.17, 15) is 4.79 Å². The molecule has 1 saturated carbocycles. The maximum absolute atomic E-state index is 12.2. The van der Waals surface area contributed by atoms with Gasteiger partial charge in [0.1, 0.15) is 5.54 Å². The number of nitrogens with zero attached hydrogens (tertiary/aromatic N) is 5. The van der Waals surface area contributed by atoms with Crippen molar-refractivity contribution >= 4 is 5.91 Å². The fourth-order valence-corrected chi connectivity index (χ4v) is 3.97. The molecule has 1 heterocycles. The van der Waals surface area contributed by atoms with Crippen molar-refractivity contribution in [2.24, 2.45) is 5.92 Å². The number of carbonyl (C=O) groups is 1. The van der Waals surface area contributed by atoms with Crippen molar-refractivity contribution in [3.63, 3.8) is 0 Å². The average molecular weight is 341 g/mol. The zero-order chi connectivity index (χ0) is 18.2. The molecular weight excluding hydrogens is 314 g/mol. The number of amides is 1. The Hall–Kier alpha value is -2.24. The van der Waals surface area contributed by atoms with Gasteiger partial charge in [0.05, 0.1) is 5.69 Å². The molecule has 1 aliphatic rings. The molecule has 0 bridgehead atoms. The standard InChI is InChI=1S/C19H27N5O/c1-13-6-8-19(9-7-13,23(5)16(4)25)18-20-21-22-24(18)17-11-14(2)10-15(3)12-17/h10-13H,6-9H2,1-5H3. The van der Waals surface area contributed by atoms with Crippen LogP contribution in [0.15, 0.2) is 18.2 Å². The first-order valence-corrected chi connectivity index (χ1v) is 8.95. The summed E-state index contributed by atoms with van der Waals surface area (Å²) in [6.07, 6.45) is 3.90. The Morgan fingerprint density at radius 1 is 1.20 bits per heavy atom. The predicted molar refractivity (Wildman–Crippen MR) is 96.4 cm³/mol. The number of rotatable bonds is 3. The van der Waals surface area contributed by atoms with Crippen molar-refractivity contribution in [3.05, 3.63) is 35.2 Å². The highest BCUT2D eigenvalue weighted by atomic mass is 16.2. The van der Waals surface area contributed by atoms with Gasteiger partial charge in [-0.3, -0.25) is 4.79 Å². The van der Waals surface area contributed by atoms with Gasteiger partial charge in [0.25, 0.3) is 0 Å². The minimum absolute atomic E-state index is 0.0459. The summed E-state index contributed by atoms with van der Waals surface area (Å²) in [6.45, 7) is 8.02. The van der Waals surface area contributed by atoms with E-state index in [1.807, 2.05) is 16.6 Å². The topological polar surface area (TPSA) is 63.9 Å². The highest BCUT2D eigenvalue weighted by molar-refractivity contribution is 5.74. The molecule has 0 spiro atoms. The smallest absolute Gasteiger partial charge is 0.220 e. The van der Waals surface area contributed by atoms with E-state index in [0.29, 0.717) is 5.92 Å². The van der Waals surface area contributed by atoms with E-state index in [1.165, 1.54) is 11.1 Å². The zero-order valence-corrected chi connectivity index (χ0v) is 15.8. The fraction of sp³-hybridized carbons (Fsp3) is 0.579. The van der Waals surface area contributed by atoms with Crippen LogP contribution >= 0.6 is 0 Å². The lowest BCUT2D eigenvalue weighted by Gasteiger charge is -2.44. The lowest BCUT2D eigenvalue weighted by atomic mass is 9.75. The van der Waals surface area contributed by atoms with Gasteiger partial charge < -0.3 is 4.90 Å². The molecule has 1 aromatic carbocycles. The number of hydrogen-bond acceptors (Lipinski definition) is 4. The normalized spacial score (nSPS) is 23.5. The van der Waals surface area contributed by atoms with Crippen LogP contribution < -0.4 is 0 Å². The first kappa shape index (κ1) is 17.6. The molecule has 0 radical (unpaired) electrons. The van der Waals surface area contributed by atoms with Gasteiger partial charge in [-0.2, -0.15) is 4.68 Å². The Balaban J connectivity index is 2.12. The van der Waals surface area contributed by atoms with Crippen LogP contribution in [0.3, 0.4) is 0 Å². The molecule has 1 aromatic heterocycles. The van der Waals surface area contributed by atoms with E-state index in [2.05, 4.69) is 54.5 Å². The van der Waals surface area contributed by atoms with Gasteiger partial charge in [-0.15, -0.1) is 5.10 Å².